The van der Waals surface area contributed by atoms with Crippen molar-refractivity contribution in [1.29, 1.82) is 0 Å². The van der Waals surface area contributed by atoms with Gasteiger partial charge in [-0.1, -0.05) is 59.4 Å². The van der Waals surface area contributed by atoms with Crippen molar-refractivity contribution in [3.05, 3.63) is 76.3 Å². The molecule has 34 heavy (non-hydrogen) atoms. The highest BCUT2D eigenvalue weighted by molar-refractivity contribution is 8.00. The normalized spacial score (nSPS) is 10.6. The summed E-state index contributed by atoms with van der Waals surface area (Å²) >= 11 is 2.37. The molecule has 0 atom stereocenters. The van der Waals surface area contributed by atoms with Crippen LogP contribution in [0, 0.1) is 13.8 Å². The number of aromatic nitrogens is 1. The highest BCUT2D eigenvalue weighted by Crippen LogP contribution is 2.29. The van der Waals surface area contributed by atoms with Crippen molar-refractivity contribution in [2.75, 3.05) is 28.3 Å². The summed E-state index contributed by atoms with van der Waals surface area (Å²) in [5.74, 6) is -0.573. The molecule has 0 bridgehead atoms. The van der Waals surface area contributed by atoms with E-state index in [0.29, 0.717) is 22.2 Å². The van der Waals surface area contributed by atoms with Crippen molar-refractivity contribution in [2.45, 2.75) is 27.3 Å². The van der Waals surface area contributed by atoms with Crippen LogP contribution >= 0.6 is 23.1 Å². The molecule has 2 amide bonds. The quantitative estimate of drug-likeness (QED) is 0.403. The first-order valence-corrected chi connectivity index (χ1v) is 12.8. The number of carbonyl (C=O) groups is 3. The van der Waals surface area contributed by atoms with Crippen LogP contribution in [0.1, 0.15) is 33.4 Å². The van der Waals surface area contributed by atoms with E-state index in [9.17, 15) is 14.4 Å². The largest absolute Gasteiger partial charge is 0.462 e. The van der Waals surface area contributed by atoms with Gasteiger partial charge in [-0.25, -0.2) is 9.78 Å². The van der Waals surface area contributed by atoms with Gasteiger partial charge >= 0.3 is 5.97 Å². The van der Waals surface area contributed by atoms with Gasteiger partial charge in [-0.05, 0) is 38.5 Å². The number of amides is 2. The lowest BCUT2D eigenvalue weighted by atomic mass is 10.2. The minimum atomic E-state index is -0.446. The molecule has 0 radical (unpaired) electrons. The molecule has 3 aromatic rings. The number of ether oxygens (including phenoxy) is 1. The summed E-state index contributed by atoms with van der Waals surface area (Å²) in [6, 6.07) is 17.1. The molecule has 3 rings (SSSR count). The van der Waals surface area contributed by atoms with Crippen LogP contribution < -0.4 is 10.2 Å². The Morgan fingerprint density at radius 3 is 2.41 bits per heavy atom. The van der Waals surface area contributed by atoms with E-state index in [1.807, 2.05) is 61.5 Å². The number of nitrogens with zero attached hydrogens (tertiary/aromatic N) is 2. The molecule has 0 aliphatic carbocycles. The summed E-state index contributed by atoms with van der Waals surface area (Å²) in [6.07, 6.45) is 0. The number of rotatable bonds is 10. The summed E-state index contributed by atoms with van der Waals surface area (Å²) in [5.41, 5.74) is 3.29. The maximum Gasteiger partial charge on any atom is 0.350 e. The Hall–Kier alpha value is -3.17. The van der Waals surface area contributed by atoms with Crippen LogP contribution in [-0.2, 0) is 20.9 Å². The predicted octanol–water partition coefficient (Wildman–Crippen LogP) is 4.84. The van der Waals surface area contributed by atoms with Gasteiger partial charge in [-0.3, -0.25) is 14.5 Å². The molecule has 1 N–H and O–H groups in total. The molecular formula is C25H27N3O4S2. The molecule has 178 valence electrons. The van der Waals surface area contributed by atoms with Crippen LogP contribution in [0.2, 0.25) is 0 Å². The molecule has 0 aliphatic heterocycles. The summed E-state index contributed by atoms with van der Waals surface area (Å²) in [6.45, 7) is 6.02. The van der Waals surface area contributed by atoms with Gasteiger partial charge in [0.25, 0.3) is 0 Å². The number of hydrogen-bond donors (Lipinski definition) is 1. The number of esters is 1. The van der Waals surface area contributed by atoms with Crippen LogP contribution in [0.25, 0.3) is 0 Å². The summed E-state index contributed by atoms with van der Waals surface area (Å²) < 4.78 is 5.11. The zero-order valence-electron chi connectivity index (χ0n) is 19.4. The Labute approximate surface area is 207 Å². The minimum absolute atomic E-state index is 0.0987. The monoisotopic (exact) mass is 497 g/mol. The topological polar surface area (TPSA) is 88.6 Å². The van der Waals surface area contributed by atoms with E-state index in [2.05, 4.69) is 10.3 Å². The van der Waals surface area contributed by atoms with Gasteiger partial charge in [0.05, 0.1) is 30.4 Å². The average molecular weight is 498 g/mol. The van der Waals surface area contributed by atoms with E-state index in [-0.39, 0.29) is 29.9 Å². The average Bonchev–Trinajstić information content (AvgIpc) is 3.21. The SMILES string of the molecule is CCOC(=O)c1sc(N(Cc2ccccc2)C(=O)CSCC(=O)Nc2ccc(C)cc2)nc1C. The second-order valence-corrected chi connectivity index (χ2v) is 9.47. The maximum absolute atomic E-state index is 13.2. The summed E-state index contributed by atoms with van der Waals surface area (Å²) in [4.78, 5) is 44.1. The smallest absolute Gasteiger partial charge is 0.350 e. The molecule has 1 aromatic heterocycles. The molecule has 9 heteroatoms. The number of anilines is 2. The second-order valence-electron chi connectivity index (χ2n) is 7.50. The van der Waals surface area contributed by atoms with Crippen molar-refractivity contribution in [3.8, 4) is 0 Å². The first-order chi connectivity index (χ1) is 16.4. The van der Waals surface area contributed by atoms with Gasteiger partial charge in [-0.2, -0.15) is 0 Å². The van der Waals surface area contributed by atoms with Crippen LogP contribution in [0.4, 0.5) is 10.8 Å². The fourth-order valence-corrected chi connectivity index (χ4v) is 4.72. The van der Waals surface area contributed by atoms with E-state index in [1.165, 1.54) is 11.8 Å². The number of hydrogen-bond acceptors (Lipinski definition) is 7. The standard InChI is InChI=1S/C25H27N3O4S2/c1-4-32-24(31)23-18(3)26-25(34-23)28(14-19-8-6-5-7-9-19)22(30)16-33-15-21(29)27-20-12-10-17(2)11-13-20/h5-13H,4,14-16H2,1-3H3,(H,27,29). The van der Waals surface area contributed by atoms with Gasteiger partial charge in [0.15, 0.2) is 5.13 Å². The first kappa shape index (κ1) is 25.5. The highest BCUT2D eigenvalue weighted by Gasteiger charge is 2.24. The van der Waals surface area contributed by atoms with Gasteiger partial charge in [0, 0.05) is 5.69 Å². The first-order valence-electron chi connectivity index (χ1n) is 10.8. The molecule has 0 fully saturated rings. The Balaban J connectivity index is 1.67. The Bertz CT molecular complexity index is 1130. The Morgan fingerprint density at radius 2 is 1.74 bits per heavy atom. The molecule has 0 saturated carbocycles. The van der Waals surface area contributed by atoms with Gasteiger partial charge < -0.3 is 10.1 Å². The molecule has 0 aliphatic rings. The number of nitrogens with one attached hydrogen (secondary N) is 1. The third kappa shape index (κ3) is 7.16. The number of aryl methyl sites for hydroxylation is 2. The Kier molecular flexibility index (Phi) is 9.24. The highest BCUT2D eigenvalue weighted by atomic mass is 32.2. The number of thioether (sulfide) groups is 1. The van der Waals surface area contributed by atoms with Crippen molar-refractivity contribution in [3.63, 3.8) is 0 Å². The van der Waals surface area contributed by atoms with Crippen molar-refractivity contribution < 1.29 is 19.1 Å². The van der Waals surface area contributed by atoms with E-state index < -0.39 is 5.97 Å². The van der Waals surface area contributed by atoms with Crippen molar-refractivity contribution >= 4 is 51.7 Å². The number of thiazole rings is 1. The predicted molar refractivity (Wildman–Crippen MR) is 138 cm³/mol. The van der Waals surface area contributed by atoms with Gasteiger partial charge in [0.1, 0.15) is 4.88 Å². The number of carbonyl (C=O) groups excluding carboxylic acids is 3. The lowest BCUT2D eigenvalue weighted by molar-refractivity contribution is -0.116. The third-order valence-corrected chi connectivity index (χ3v) is 6.83. The Morgan fingerprint density at radius 1 is 1.03 bits per heavy atom. The lowest BCUT2D eigenvalue weighted by Gasteiger charge is -2.20. The minimum Gasteiger partial charge on any atom is -0.462 e. The van der Waals surface area contributed by atoms with Crippen LogP contribution in [0.15, 0.2) is 54.6 Å². The molecule has 1 heterocycles. The lowest BCUT2D eigenvalue weighted by Crippen LogP contribution is -2.32. The summed E-state index contributed by atoms with van der Waals surface area (Å²) in [5, 5.41) is 3.26. The fraction of sp³-hybridized carbons (Fsp3) is 0.280. The summed E-state index contributed by atoms with van der Waals surface area (Å²) in [7, 11) is 0. The van der Waals surface area contributed by atoms with E-state index >= 15 is 0 Å². The molecule has 0 unspecified atom stereocenters. The van der Waals surface area contributed by atoms with Crippen LogP contribution in [-0.4, -0.2) is 40.9 Å². The third-order valence-electron chi connectivity index (χ3n) is 4.76. The zero-order chi connectivity index (χ0) is 24.5. The van der Waals surface area contributed by atoms with Crippen molar-refractivity contribution in [1.82, 2.24) is 4.98 Å². The zero-order valence-corrected chi connectivity index (χ0v) is 21.0. The molecular weight excluding hydrogens is 470 g/mol. The maximum atomic E-state index is 13.2. The van der Waals surface area contributed by atoms with E-state index in [0.717, 1.165) is 28.2 Å². The number of benzene rings is 2. The van der Waals surface area contributed by atoms with Crippen LogP contribution in [0.5, 0.6) is 0 Å². The molecule has 0 saturated heterocycles. The molecule has 7 nitrogen and oxygen atoms in total. The van der Waals surface area contributed by atoms with Crippen molar-refractivity contribution in [2.24, 2.45) is 0 Å². The van der Waals surface area contributed by atoms with Gasteiger partial charge in [0.2, 0.25) is 11.8 Å². The van der Waals surface area contributed by atoms with Gasteiger partial charge in [-0.15, -0.1) is 11.8 Å². The van der Waals surface area contributed by atoms with E-state index in [4.69, 9.17) is 4.74 Å². The second kappa shape index (κ2) is 12.3. The fourth-order valence-electron chi connectivity index (χ4n) is 3.06. The molecule has 0 spiro atoms. The van der Waals surface area contributed by atoms with Crippen LogP contribution in [0.3, 0.4) is 0 Å². The molecule has 2 aromatic carbocycles. The van der Waals surface area contributed by atoms with E-state index in [1.54, 1.807) is 18.7 Å².